The minimum Gasteiger partial charge on any atom is -0.328 e. The van der Waals surface area contributed by atoms with Crippen LogP contribution in [-0.2, 0) is 6.42 Å². The Labute approximate surface area is 115 Å². The van der Waals surface area contributed by atoms with Gasteiger partial charge < -0.3 is 5.73 Å². The second kappa shape index (κ2) is 4.75. The number of benzene rings is 1. The smallest absolute Gasteiger partial charge is 0.212 e. The monoisotopic (exact) mass is 272 g/mol. The number of rotatable bonds is 3. The van der Waals surface area contributed by atoms with E-state index in [1.165, 1.54) is 5.56 Å². The number of hydrogen-bond donors (Lipinski definition) is 1. The van der Waals surface area contributed by atoms with Gasteiger partial charge in [0.2, 0.25) is 4.96 Å². The quantitative estimate of drug-likeness (QED) is 0.797. The fourth-order valence-corrected chi connectivity index (χ4v) is 2.86. The molecule has 2 N–H and O–H groups in total. The predicted octanol–water partition coefficient (Wildman–Crippen LogP) is 2.66. The van der Waals surface area contributed by atoms with Gasteiger partial charge in [0.05, 0.1) is 5.69 Å². The minimum atomic E-state index is 0.129. The van der Waals surface area contributed by atoms with Crippen molar-refractivity contribution in [3.05, 3.63) is 40.9 Å². The van der Waals surface area contributed by atoms with Crippen LogP contribution in [0.25, 0.3) is 16.3 Å². The molecule has 5 heteroatoms. The van der Waals surface area contributed by atoms with E-state index in [9.17, 15) is 0 Å². The second-order valence-corrected chi connectivity index (χ2v) is 5.74. The molecule has 1 atom stereocenters. The fourth-order valence-electron chi connectivity index (χ4n) is 2.02. The molecule has 0 saturated carbocycles. The number of thiazole rings is 1. The van der Waals surface area contributed by atoms with Gasteiger partial charge in [0, 0.05) is 23.4 Å². The molecule has 0 aliphatic rings. The summed E-state index contributed by atoms with van der Waals surface area (Å²) in [6.45, 7) is 4.07. The normalized spacial score (nSPS) is 13.0. The van der Waals surface area contributed by atoms with Crippen molar-refractivity contribution in [3.63, 3.8) is 0 Å². The molecule has 0 fully saturated rings. The van der Waals surface area contributed by atoms with Gasteiger partial charge in [-0.05, 0) is 13.8 Å². The molecule has 3 aromatic rings. The topological polar surface area (TPSA) is 56.2 Å². The minimum absolute atomic E-state index is 0.129. The van der Waals surface area contributed by atoms with Gasteiger partial charge in [-0.25, -0.2) is 4.52 Å². The summed E-state index contributed by atoms with van der Waals surface area (Å²) >= 11 is 1.61. The molecule has 0 radical (unpaired) electrons. The summed E-state index contributed by atoms with van der Waals surface area (Å²) < 4.78 is 1.91. The van der Waals surface area contributed by atoms with Gasteiger partial charge >= 0.3 is 0 Å². The Bertz CT molecular complexity index is 694. The van der Waals surface area contributed by atoms with Gasteiger partial charge in [-0.1, -0.05) is 29.8 Å². The average molecular weight is 272 g/mol. The molecule has 98 valence electrons. The molecule has 19 heavy (non-hydrogen) atoms. The van der Waals surface area contributed by atoms with E-state index in [4.69, 9.17) is 5.73 Å². The van der Waals surface area contributed by atoms with Gasteiger partial charge in [0.25, 0.3) is 0 Å². The summed E-state index contributed by atoms with van der Waals surface area (Å²) in [6.07, 6.45) is 0.816. The second-order valence-electron chi connectivity index (χ2n) is 4.90. The third-order valence-electron chi connectivity index (χ3n) is 2.99. The van der Waals surface area contributed by atoms with E-state index in [0.717, 1.165) is 28.5 Å². The SMILES string of the molecule is Cc1ccc(-c2nc3scc(CC(C)N)n3n2)cc1. The largest absolute Gasteiger partial charge is 0.328 e. The van der Waals surface area contributed by atoms with E-state index in [2.05, 4.69) is 46.7 Å². The highest BCUT2D eigenvalue weighted by Crippen LogP contribution is 2.21. The standard InChI is InChI=1S/C14H16N4S/c1-9-3-5-11(6-4-9)13-16-14-18(17-13)12(8-19-14)7-10(2)15/h3-6,8,10H,7,15H2,1-2H3. The van der Waals surface area contributed by atoms with Crippen LogP contribution in [0.2, 0.25) is 0 Å². The van der Waals surface area contributed by atoms with Crippen LogP contribution in [0.15, 0.2) is 29.6 Å². The lowest BCUT2D eigenvalue weighted by molar-refractivity contribution is 0.703. The first-order valence-electron chi connectivity index (χ1n) is 6.29. The Hall–Kier alpha value is -1.72. The molecule has 1 unspecified atom stereocenters. The highest BCUT2D eigenvalue weighted by molar-refractivity contribution is 7.15. The maximum atomic E-state index is 5.85. The van der Waals surface area contributed by atoms with Gasteiger partial charge in [0.15, 0.2) is 5.82 Å². The molecular formula is C14H16N4S. The molecule has 4 nitrogen and oxygen atoms in total. The van der Waals surface area contributed by atoms with Gasteiger partial charge in [-0.3, -0.25) is 0 Å². The zero-order valence-corrected chi connectivity index (χ0v) is 11.8. The maximum Gasteiger partial charge on any atom is 0.212 e. The Balaban J connectivity index is 2.02. The molecule has 0 aliphatic heterocycles. The number of aromatic nitrogens is 3. The number of fused-ring (bicyclic) bond motifs is 1. The average Bonchev–Trinajstić information content (AvgIpc) is 2.92. The first-order valence-corrected chi connectivity index (χ1v) is 7.17. The van der Waals surface area contributed by atoms with Crippen molar-refractivity contribution in [2.45, 2.75) is 26.3 Å². The molecule has 3 rings (SSSR count). The first-order chi connectivity index (χ1) is 9.13. The number of hydrogen-bond acceptors (Lipinski definition) is 4. The molecule has 0 aliphatic carbocycles. The highest BCUT2D eigenvalue weighted by Gasteiger charge is 2.12. The van der Waals surface area contributed by atoms with Crippen LogP contribution in [0.5, 0.6) is 0 Å². The van der Waals surface area contributed by atoms with Gasteiger partial charge in [0.1, 0.15) is 0 Å². The van der Waals surface area contributed by atoms with Gasteiger partial charge in [-0.2, -0.15) is 4.98 Å². The lowest BCUT2D eigenvalue weighted by Crippen LogP contribution is -2.18. The summed E-state index contributed by atoms with van der Waals surface area (Å²) in [4.78, 5) is 5.49. The van der Waals surface area contributed by atoms with E-state index in [0.29, 0.717) is 0 Å². The van der Waals surface area contributed by atoms with E-state index < -0.39 is 0 Å². The molecule has 0 bridgehead atoms. The van der Waals surface area contributed by atoms with Crippen molar-refractivity contribution >= 4 is 16.3 Å². The van der Waals surface area contributed by atoms with Crippen molar-refractivity contribution in [1.82, 2.24) is 14.6 Å². The Morgan fingerprint density at radius 1 is 1.32 bits per heavy atom. The molecule has 0 saturated heterocycles. The van der Waals surface area contributed by atoms with Crippen molar-refractivity contribution in [2.75, 3.05) is 0 Å². The van der Waals surface area contributed by atoms with Crippen LogP contribution in [-0.4, -0.2) is 20.6 Å². The van der Waals surface area contributed by atoms with Crippen LogP contribution in [0.3, 0.4) is 0 Å². The molecular weight excluding hydrogens is 256 g/mol. The number of nitrogens with two attached hydrogens (primary N) is 1. The summed E-state index contributed by atoms with van der Waals surface area (Å²) in [5, 5.41) is 6.67. The van der Waals surface area contributed by atoms with Crippen molar-refractivity contribution in [2.24, 2.45) is 5.73 Å². The van der Waals surface area contributed by atoms with Crippen LogP contribution in [0.1, 0.15) is 18.2 Å². The molecule has 2 heterocycles. The van der Waals surface area contributed by atoms with Crippen molar-refractivity contribution in [1.29, 1.82) is 0 Å². The Kier molecular flexibility index (Phi) is 3.08. The van der Waals surface area contributed by atoms with Crippen LogP contribution in [0, 0.1) is 6.92 Å². The van der Waals surface area contributed by atoms with E-state index in [-0.39, 0.29) is 6.04 Å². The summed E-state index contributed by atoms with van der Waals surface area (Å²) in [5.41, 5.74) is 9.27. The number of aryl methyl sites for hydroxylation is 1. The van der Waals surface area contributed by atoms with Gasteiger partial charge in [-0.15, -0.1) is 16.4 Å². The summed E-state index contributed by atoms with van der Waals surface area (Å²) in [6, 6.07) is 8.39. The zero-order chi connectivity index (χ0) is 13.4. The summed E-state index contributed by atoms with van der Waals surface area (Å²) in [5.74, 6) is 0.776. The molecule has 1 aromatic carbocycles. The predicted molar refractivity (Wildman–Crippen MR) is 78.4 cm³/mol. The molecule has 0 spiro atoms. The highest BCUT2D eigenvalue weighted by atomic mass is 32.1. The van der Waals surface area contributed by atoms with Crippen molar-refractivity contribution in [3.8, 4) is 11.4 Å². The Morgan fingerprint density at radius 2 is 2.05 bits per heavy atom. The first kappa shape index (κ1) is 12.3. The molecule has 0 amide bonds. The Morgan fingerprint density at radius 3 is 2.74 bits per heavy atom. The zero-order valence-electron chi connectivity index (χ0n) is 11.0. The third kappa shape index (κ3) is 2.39. The lowest BCUT2D eigenvalue weighted by atomic mass is 10.1. The molecule has 2 aromatic heterocycles. The maximum absolute atomic E-state index is 5.85. The van der Waals surface area contributed by atoms with Crippen molar-refractivity contribution < 1.29 is 0 Å². The summed E-state index contributed by atoms with van der Waals surface area (Å²) in [7, 11) is 0. The fraction of sp³-hybridized carbons (Fsp3) is 0.286. The van der Waals surface area contributed by atoms with E-state index in [1.54, 1.807) is 11.3 Å². The van der Waals surface area contributed by atoms with Crippen LogP contribution in [0.4, 0.5) is 0 Å². The number of nitrogens with zero attached hydrogens (tertiary/aromatic N) is 3. The third-order valence-corrected chi connectivity index (χ3v) is 3.86. The van der Waals surface area contributed by atoms with Crippen LogP contribution >= 0.6 is 11.3 Å². The van der Waals surface area contributed by atoms with E-state index >= 15 is 0 Å². The lowest BCUT2D eigenvalue weighted by Gasteiger charge is -2.01. The van der Waals surface area contributed by atoms with Crippen LogP contribution < -0.4 is 5.73 Å². The van der Waals surface area contributed by atoms with E-state index in [1.807, 2.05) is 11.4 Å².